The number of nitrogens with one attached hydrogen (secondary N) is 1. The minimum absolute atomic E-state index is 0.218. The monoisotopic (exact) mass is 333 g/mol. The first-order chi connectivity index (χ1) is 11.3. The van der Waals surface area contributed by atoms with Crippen molar-refractivity contribution in [2.24, 2.45) is 5.73 Å². The normalized spacial score (nSPS) is 11.5. The molecule has 0 spiro atoms. The van der Waals surface area contributed by atoms with Crippen molar-refractivity contribution in [3.8, 4) is 0 Å². The molecule has 1 amide bonds. The molecule has 0 atom stereocenters. The summed E-state index contributed by atoms with van der Waals surface area (Å²) in [4.78, 5) is 11.9. The Morgan fingerprint density at radius 3 is 2.58 bits per heavy atom. The van der Waals surface area contributed by atoms with Gasteiger partial charge < -0.3 is 15.6 Å². The third-order valence-corrected chi connectivity index (χ3v) is 3.55. The van der Waals surface area contributed by atoms with E-state index < -0.39 is 5.54 Å². The summed E-state index contributed by atoms with van der Waals surface area (Å²) in [5, 5.41) is 6.52. The number of aromatic nitrogens is 1. The molecule has 0 saturated heterocycles. The van der Waals surface area contributed by atoms with E-state index in [-0.39, 0.29) is 17.4 Å². The Morgan fingerprint density at radius 2 is 1.92 bits per heavy atom. The summed E-state index contributed by atoms with van der Waals surface area (Å²) in [6.07, 6.45) is 3.45. The van der Waals surface area contributed by atoms with Crippen molar-refractivity contribution in [1.82, 2.24) is 10.5 Å². The summed E-state index contributed by atoms with van der Waals surface area (Å²) >= 11 is 0. The number of carbonyl (C=O) groups excluding carboxylic acids is 1. The van der Waals surface area contributed by atoms with Crippen molar-refractivity contribution in [3.63, 3.8) is 0 Å². The zero-order valence-corrected chi connectivity index (χ0v) is 14.1. The number of aryl methyl sites for hydroxylation is 2. The lowest BCUT2D eigenvalue weighted by atomic mass is 10.1. The van der Waals surface area contributed by atoms with Crippen molar-refractivity contribution >= 4 is 5.91 Å². The molecule has 24 heavy (non-hydrogen) atoms. The van der Waals surface area contributed by atoms with E-state index in [1.807, 2.05) is 13.8 Å². The van der Waals surface area contributed by atoms with Gasteiger partial charge >= 0.3 is 0 Å². The van der Waals surface area contributed by atoms with E-state index in [4.69, 9.17) is 10.3 Å². The van der Waals surface area contributed by atoms with Crippen LogP contribution in [0.1, 0.15) is 48.5 Å². The predicted molar refractivity (Wildman–Crippen MR) is 90.1 cm³/mol. The fourth-order valence-corrected chi connectivity index (χ4v) is 2.22. The maximum atomic E-state index is 12.8. The molecule has 0 unspecified atom stereocenters. The third-order valence-electron chi connectivity index (χ3n) is 3.55. The zero-order chi connectivity index (χ0) is 17.6. The fraction of sp³-hybridized carbons (Fsp3) is 0.444. The molecule has 0 aliphatic heterocycles. The Morgan fingerprint density at radius 1 is 1.25 bits per heavy atom. The third kappa shape index (κ3) is 6.12. The van der Waals surface area contributed by atoms with Gasteiger partial charge in [-0.15, -0.1) is 0 Å². The molecule has 2 aromatic rings. The number of nitrogens with two attached hydrogens (primary N) is 1. The van der Waals surface area contributed by atoms with Crippen LogP contribution in [0.15, 0.2) is 34.9 Å². The number of hydrogen-bond acceptors (Lipinski definition) is 4. The van der Waals surface area contributed by atoms with E-state index in [1.165, 1.54) is 12.1 Å². The number of rotatable bonds is 8. The first-order valence-corrected chi connectivity index (χ1v) is 8.11. The molecule has 3 N–H and O–H groups in total. The topological polar surface area (TPSA) is 81.1 Å². The highest BCUT2D eigenvalue weighted by Gasteiger charge is 2.16. The van der Waals surface area contributed by atoms with Crippen molar-refractivity contribution in [2.45, 2.75) is 45.1 Å². The first-order valence-electron chi connectivity index (χ1n) is 8.11. The van der Waals surface area contributed by atoms with Crippen molar-refractivity contribution in [1.29, 1.82) is 0 Å². The lowest BCUT2D eigenvalue weighted by Gasteiger charge is -2.18. The second-order valence-electron chi connectivity index (χ2n) is 6.68. The molecule has 0 fully saturated rings. The van der Waals surface area contributed by atoms with Crippen LogP contribution >= 0.6 is 0 Å². The van der Waals surface area contributed by atoms with E-state index in [1.54, 1.807) is 18.2 Å². The van der Waals surface area contributed by atoms with Crippen LogP contribution in [-0.4, -0.2) is 23.1 Å². The predicted octanol–water partition coefficient (Wildman–Crippen LogP) is 2.85. The molecular formula is C18H24FN3O2. The fourth-order valence-electron chi connectivity index (χ4n) is 2.22. The van der Waals surface area contributed by atoms with E-state index in [0.717, 1.165) is 24.8 Å². The number of amides is 1. The number of hydrogen-bond donors (Lipinski definition) is 2. The molecule has 1 heterocycles. The lowest BCUT2D eigenvalue weighted by molar-refractivity contribution is 0.0937. The Kier molecular flexibility index (Phi) is 6.09. The average molecular weight is 333 g/mol. The smallest absolute Gasteiger partial charge is 0.273 e. The number of halogens is 1. The molecule has 1 aromatic heterocycles. The highest BCUT2D eigenvalue weighted by atomic mass is 19.1. The Bertz CT molecular complexity index is 660. The van der Waals surface area contributed by atoms with E-state index in [2.05, 4.69) is 10.5 Å². The van der Waals surface area contributed by atoms with Crippen LogP contribution < -0.4 is 11.1 Å². The molecule has 1 aromatic carbocycles. The first kappa shape index (κ1) is 18.1. The van der Waals surface area contributed by atoms with E-state index >= 15 is 0 Å². The maximum absolute atomic E-state index is 12.8. The van der Waals surface area contributed by atoms with Crippen molar-refractivity contribution in [3.05, 3.63) is 53.2 Å². The number of carbonyl (C=O) groups is 1. The van der Waals surface area contributed by atoms with Gasteiger partial charge in [-0.2, -0.15) is 0 Å². The average Bonchev–Trinajstić information content (AvgIpc) is 2.99. The summed E-state index contributed by atoms with van der Waals surface area (Å²) in [7, 11) is 0. The summed E-state index contributed by atoms with van der Waals surface area (Å²) in [6, 6.07) is 8.20. The van der Waals surface area contributed by atoms with Crippen LogP contribution in [0, 0.1) is 5.82 Å². The Labute approximate surface area is 141 Å². The van der Waals surface area contributed by atoms with Gasteiger partial charge in [-0.25, -0.2) is 4.39 Å². The maximum Gasteiger partial charge on any atom is 0.273 e. The van der Waals surface area contributed by atoms with Crippen molar-refractivity contribution < 1.29 is 13.7 Å². The minimum Gasteiger partial charge on any atom is -0.361 e. The van der Waals surface area contributed by atoms with Gasteiger partial charge in [-0.05, 0) is 50.8 Å². The van der Waals surface area contributed by atoms with Gasteiger partial charge in [0, 0.05) is 24.6 Å². The zero-order valence-electron chi connectivity index (χ0n) is 14.1. The molecule has 0 saturated carbocycles. The minimum atomic E-state index is -0.470. The summed E-state index contributed by atoms with van der Waals surface area (Å²) < 4.78 is 18.0. The quantitative estimate of drug-likeness (QED) is 0.728. The molecule has 2 rings (SSSR count). The number of unbranched alkanes of at least 4 members (excludes halogenated alkanes) is 1. The highest BCUT2D eigenvalue weighted by molar-refractivity contribution is 5.92. The van der Waals surface area contributed by atoms with Gasteiger partial charge in [-0.1, -0.05) is 17.3 Å². The molecule has 0 aliphatic rings. The Hall–Kier alpha value is -2.21. The number of benzene rings is 1. The summed E-state index contributed by atoms with van der Waals surface area (Å²) in [5.74, 6) is 0.186. The van der Waals surface area contributed by atoms with Crippen LogP contribution in [0.25, 0.3) is 0 Å². The van der Waals surface area contributed by atoms with Gasteiger partial charge in [0.2, 0.25) is 0 Å². The Balaban J connectivity index is 1.73. The number of nitrogens with zero attached hydrogens (tertiary/aromatic N) is 1. The second-order valence-corrected chi connectivity index (χ2v) is 6.68. The van der Waals surface area contributed by atoms with Gasteiger partial charge in [0.15, 0.2) is 5.69 Å². The van der Waals surface area contributed by atoms with Gasteiger partial charge in [-0.3, -0.25) is 4.79 Å². The van der Waals surface area contributed by atoms with Gasteiger partial charge in [0.05, 0.1) is 0 Å². The van der Waals surface area contributed by atoms with Crippen molar-refractivity contribution in [2.75, 3.05) is 6.54 Å². The van der Waals surface area contributed by atoms with Crippen LogP contribution in [0.2, 0.25) is 0 Å². The largest absolute Gasteiger partial charge is 0.361 e. The van der Waals surface area contributed by atoms with Crippen LogP contribution in [-0.2, 0) is 12.8 Å². The standard InChI is InChI=1S/C18H24FN3O2/c1-18(2,20)12-21-17(23)16-11-15(24-22-16)6-4-3-5-13-7-9-14(19)10-8-13/h7-11H,3-6,12,20H2,1-2H3,(H,21,23). The summed E-state index contributed by atoms with van der Waals surface area (Å²) in [5.41, 5.74) is 6.74. The molecule has 0 bridgehead atoms. The SMILES string of the molecule is CC(C)(N)CNC(=O)c1cc(CCCCc2ccc(F)cc2)on1. The molecule has 0 radical (unpaired) electrons. The van der Waals surface area contributed by atoms with E-state index in [9.17, 15) is 9.18 Å². The van der Waals surface area contributed by atoms with E-state index in [0.29, 0.717) is 18.7 Å². The molecule has 0 aliphatic carbocycles. The summed E-state index contributed by atoms with van der Waals surface area (Å²) in [6.45, 7) is 4.04. The molecular weight excluding hydrogens is 309 g/mol. The highest BCUT2D eigenvalue weighted by Crippen LogP contribution is 2.11. The molecule has 5 nitrogen and oxygen atoms in total. The van der Waals surface area contributed by atoms with Gasteiger partial charge in [0.1, 0.15) is 11.6 Å². The van der Waals surface area contributed by atoms with Gasteiger partial charge in [0.25, 0.3) is 5.91 Å². The van der Waals surface area contributed by atoms with Crippen LogP contribution in [0.5, 0.6) is 0 Å². The van der Waals surface area contributed by atoms with Crippen LogP contribution in [0.3, 0.4) is 0 Å². The lowest BCUT2D eigenvalue weighted by Crippen LogP contribution is -2.45. The second kappa shape index (κ2) is 8.06. The van der Waals surface area contributed by atoms with Crippen LogP contribution in [0.4, 0.5) is 4.39 Å². The molecule has 6 heteroatoms. The molecule has 130 valence electrons.